The number of methoxy groups -OCH3 is 1. The van der Waals surface area contributed by atoms with Crippen LogP contribution in [0.2, 0.25) is 0 Å². The van der Waals surface area contributed by atoms with E-state index < -0.39 is 0 Å². The van der Waals surface area contributed by atoms with Crippen LogP contribution in [0, 0.1) is 0 Å². The molecule has 1 amide bonds. The van der Waals surface area contributed by atoms with Gasteiger partial charge in [0.25, 0.3) is 5.91 Å². The number of aromatic nitrogens is 3. The van der Waals surface area contributed by atoms with Crippen molar-refractivity contribution in [1.29, 1.82) is 0 Å². The maximum Gasteiger partial charge on any atom is 0.271 e. The van der Waals surface area contributed by atoms with Gasteiger partial charge in [0.1, 0.15) is 29.2 Å². The zero-order chi connectivity index (χ0) is 21.5. The van der Waals surface area contributed by atoms with Gasteiger partial charge >= 0.3 is 0 Å². The van der Waals surface area contributed by atoms with Gasteiger partial charge in [0.05, 0.1) is 48.5 Å². The molecular formula is C21H21BrN6O3. The molecule has 0 spiro atoms. The predicted octanol–water partition coefficient (Wildman–Crippen LogP) is 3.27. The molecule has 0 bridgehead atoms. The van der Waals surface area contributed by atoms with Crippen LogP contribution < -0.4 is 10.1 Å². The molecule has 160 valence electrons. The molecule has 0 radical (unpaired) electrons. The Hall–Kier alpha value is -2.98. The second-order valence-electron chi connectivity index (χ2n) is 7.53. The van der Waals surface area contributed by atoms with E-state index in [9.17, 15) is 4.79 Å². The van der Waals surface area contributed by atoms with Crippen molar-refractivity contribution in [3.8, 4) is 5.75 Å². The average Bonchev–Trinajstić information content (AvgIpc) is 3.37. The van der Waals surface area contributed by atoms with Crippen molar-refractivity contribution in [3.05, 3.63) is 39.8 Å². The van der Waals surface area contributed by atoms with Crippen LogP contribution in [0.4, 0.5) is 11.5 Å². The Labute approximate surface area is 187 Å². The minimum atomic E-state index is -0.0991. The number of carbonyl (C=O) groups is 1. The van der Waals surface area contributed by atoms with Crippen molar-refractivity contribution in [2.24, 2.45) is 4.99 Å². The summed E-state index contributed by atoms with van der Waals surface area (Å²) in [6.45, 7) is 4.23. The number of hydrogen-bond donors (Lipinski definition) is 2. The monoisotopic (exact) mass is 484 g/mol. The standard InChI is InChI=1S/C21H21BrN6O3/c1-11-9-31-4-3-28(11)21(29)18-17(22)16-19(24-10-25-20(16)27-18)26-14-5-12-7-23-8-13(12)6-15(14)30-2/h5-7,10-11H,3-4,8-9H2,1-2H3,(H2,24,25,26,27)/t11-/m1/s1. The van der Waals surface area contributed by atoms with Crippen LogP contribution in [0.1, 0.15) is 28.5 Å². The van der Waals surface area contributed by atoms with E-state index in [1.807, 2.05) is 30.2 Å². The zero-order valence-corrected chi connectivity index (χ0v) is 18.7. The number of amides is 1. The van der Waals surface area contributed by atoms with Crippen LogP contribution in [0.5, 0.6) is 5.75 Å². The molecule has 3 aromatic rings. The number of carbonyl (C=O) groups excluding carboxylic acids is 1. The van der Waals surface area contributed by atoms with Gasteiger partial charge in [-0.2, -0.15) is 0 Å². The molecule has 2 aromatic heterocycles. The minimum absolute atomic E-state index is 0.000538. The number of morpholine rings is 1. The number of benzene rings is 1. The number of ether oxygens (including phenoxy) is 2. The number of fused-ring (bicyclic) bond motifs is 2. The average molecular weight is 485 g/mol. The third-order valence-corrected chi connectivity index (χ3v) is 6.37. The van der Waals surface area contributed by atoms with Crippen molar-refractivity contribution < 1.29 is 14.3 Å². The van der Waals surface area contributed by atoms with Crippen molar-refractivity contribution in [1.82, 2.24) is 19.9 Å². The summed E-state index contributed by atoms with van der Waals surface area (Å²) in [5.74, 6) is 1.16. The Morgan fingerprint density at radius 3 is 3.06 bits per heavy atom. The summed E-state index contributed by atoms with van der Waals surface area (Å²) in [7, 11) is 1.63. The molecule has 1 aromatic carbocycles. The van der Waals surface area contributed by atoms with Gasteiger partial charge in [0, 0.05) is 12.8 Å². The third kappa shape index (κ3) is 3.45. The first-order valence-electron chi connectivity index (χ1n) is 9.95. The smallest absolute Gasteiger partial charge is 0.271 e. The summed E-state index contributed by atoms with van der Waals surface area (Å²) in [4.78, 5) is 31.2. The Bertz CT molecular complexity index is 1210. The molecule has 5 rings (SSSR count). The largest absolute Gasteiger partial charge is 0.495 e. The van der Waals surface area contributed by atoms with Crippen LogP contribution in [-0.2, 0) is 11.3 Å². The van der Waals surface area contributed by atoms with E-state index in [0.717, 1.165) is 16.8 Å². The molecule has 4 heterocycles. The number of H-pyrrole nitrogens is 1. The fourth-order valence-electron chi connectivity index (χ4n) is 3.93. The molecule has 9 nitrogen and oxygen atoms in total. The predicted molar refractivity (Wildman–Crippen MR) is 120 cm³/mol. The van der Waals surface area contributed by atoms with Crippen LogP contribution in [0.25, 0.3) is 11.0 Å². The molecule has 2 aliphatic heterocycles. The highest BCUT2D eigenvalue weighted by Crippen LogP contribution is 2.37. The van der Waals surface area contributed by atoms with Crippen molar-refractivity contribution in [2.75, 3.05) is 32.2 Å². The van der Waals surface area contributed by atoms with Crippen LogP contribution >= 0.6 is 15.9 Å². The van der Waals surface area contributed by atoms with E-state index in [1.165, 1.54) is 6.33 Å². The fraction of sp³-hybridized carbons (Fsp3) is 0.333. The number of anilines is 2. The molecule has 10 heteroatoms. The number of nitrogens with one attached hydrogen (secondary N) is 2. The first-order valence-corrected chi connectivity index (χ1v) is 10.7. The van der Waals surface area contributed by atoms with Crippen LogP contribution in [-0.4, -0.2) is 64.9 Å². The summed E-state index contributed by atoms with van der Waals surface area (Å²) in [6, 6.07) is 3.96. The maximum atomic E-state index is 13.2. The van der Waals surface area contributed by atoms with Gasteiger partial charge in [-0.1, -0.05) is 0 Å². The highest BCUT2D eigenvalue weighted by atomic mass is 79.9. The van der Waals surface area contributed by atoms with E-state index in [4.69, 9.17) is 9.47 Å². The molecule has 1 atom stereocenters. The fourth-order valence-corrected chi connectivity index (χ4v) is 4.58. The highest BCUT2D eigenvalue weighted by molar-refractivity contribution is 9.10. The summed E-state index contributed by atoms with van der Waals surface area (Å²) in [5, 5.41) is 4.04. The second kappa shape index (κ2) is 7.93. The van der Waals surface area contributed by atoms with E-state index in [0.29, 0.717) is 59.1 Å². The quantitative estimate of drug-likeness (QED) is 0.588. The first-order chi connectivity index (χ1) is 15.1. The van der Waals surface area contributed by atoms with Crippen LogP contribution in [0.3, 0.4) is 0 Å². The van der Waals surface area contributed by atoms with Gasteiger partial charge < -0.3 is 24.7 Å². The number of nitrogens with zero attached hydrogens (tertiary/aromatic N) is 4. The van der Waals surface area contributed by atoms with Gasteiger partial charge in [-0.25, -0.2) is 9.97 Å². The Morgan fingerprint density at radius 2 is 2.26 bits per heavy atom. The summed E-state index contributed by atoms with van der Waals surface area (Å²) >= 11 is 3.61. The first kappa shape index (κ1) is 20.0. The van der Waals surface area contributed by atoms with Gasteiger partial charge in [0.2, 0.25) is 0 Å². The topological polar surface area (TPSA) is 105 Å². The number of aliphatic imine (C=N–C) groups is 1. The molecule has 2 aliphatic rings. The second-order valence-corrected chi connectivity index (χ2v) is 8.32. The Kier molecular flexibility index (Phi) is 5.11. The molecular weight excluding hydrogens is 464 g/mol. The zero-order valence-electron chi connectivity index (χ0n) is 17.1. The number of rotatable bonds is 4. The van der Waals surface area contributed by atoms with E-state index in [-0.39, 0.29) is 11.9 Å². The third-order valence-electron chi connectivity index (χ3n) is 5.58. The van der Waals surface area contributed by atoms with Crippen molar-refractivity contribution in [3.63, 3.8) is 0 Å². The van der Waals surface area contributed by atoms with Crippen molar-refractivity contribution in [2.45, 2.75) is 19.5 Å². The molecule has 0 aliphatic carbocycles. The van der Waals surface area contributed by atoms with Gasteiger partial charge in [0.15, 0.2) is 0 Å². The summed E-state index contributed by atoms with van der Waals surface area (Å²) in [6.07, 6.45) is 3.31. The summed E-state index contributed by atoms with van der Waals surface area (Å²) < 4.78 is 11.6. The molecule has 0 saturated carbocycles. The molecule has 2 N–H and O–H groups in total. The number of aromatic amines is 1. The van der Waals surface area contributed by atoms with Gasteiger partial charge in [-0.05, 0) is 46.1 Å². The minimum Gasteiger partial charge on any atom is -0.495 e. The van der Waals surface area contributed by atoms with Gasteiger partial charge in [-0.15, -0.1) is 0 Å². The van der Waals surface area contributed by atoms with Crippen LogP contribution in [0.15, 0.2) is 27.9 Å². The van der Waals surface area contributed by atoms with E-state index >= 15 is 0 Å². The SMILES string of the molecule is COc1cc2c(cc1Nc1ncnc3[nH]c(C(=O)N4CCOC[C@H]4C)c(Br)c13)C=NC2. The van der Waals surface area contributed by atoms with Crippen molar-refractivity contribution >= 4 is 50.6 Å². The lowest BCUT2D eigenvalue weighted by Gasteiger charge is -2.33. The normalized spacial score (nSPS) is 17.8. The lowest BCUT2D eigenvalue weighted by Crippen LogP contribution is -2.47. The Morgan fingerprint density at radius 1 is 1.39 bits per heavy atom. The summed E-state index contributed by atoms with van der Waals surface area (Å²) in [5.41, 5.74) is 3.93. The maximum absolute atomic E-state index is 13.2. The highest BCUT2D eigenvalue weighted by Gasteiger charge is 2.29. The Balaban J connectivity index is 1.54. The molecule has 1 fully saturated rings. The lowest BCUT2D eigenvalue weighted by molar-refractivity contribution is 0.00327. The lowest BCUT2D eigenvalue weighted by atomic mass is 10.1. The van der Waals surface area contributed by atoms with E-state index in [1.54, 1.807) is 7.11 Å². The molecule has 0 unspecified atom stereocenters. The van der Waals surface area contributed by atoms with Gasteiger partial charge in [-0.3, -0.25) is 9.79 Å². The molecule has 31 heavy (non-hydrogen) atoms. The number of hydrogen-bond acceptors (Lipinski definition) is 7. The van der Waals surface area contributed by atoms with E-state index in [2.05, 4.69) is 41.2 Å². The number of halogens is 1. The molecule has 1 saturated heterocycles.